The van der Waals surface area contributed by atoms with E-state index in [1.165, 1.54) is 21.3 Å². The zero-order valence-corrected chi connectivity index (χ0v) is 21.9. The fourth-order valence-corrected chi connectivity index (χ4v) is 5.47. The molecule has 2 aromatic carbocycles. The molecule has 1 N–H and O–H groups in total. The first-order valence-electron chi connectivity index (χ1n) is 11.6. The minimum Gasteiger partial charge on any atom is -0.454 e. The largest absolute Gasteiger partial charge is 0.454 e. The lowest BCUT2D eigenvalue weighted by molar-refractivity contribution is -0.122. The number of amides is 2. The minimum absolute atomic E-state index is 0.136. The van der Waals surface area contributed by atoms with Gasteiger partial charge in [0.25, 0.3) is 11.5 Å². The van der Waals surface area contributed by atoms with Crippen LogP contribution in [0.3, 0.4) is 0 Å². The number of thioether (sulfide) groups is 1. The van der Waals surface area contributed by atoms with Gasteiger partial charge >= 0.3 is 0 Å². The number of nitrogens with one attached hydrogen (secondary N) is 1. The Labute approximate surface area is 222 Å². The van der Waals surface area contributed by atoms with Crippen LogP contribution in [0.2, 0.25) is 0 Å². The van der Waals surface area contributed by atoms with Crippen LogP contribution in [0.4, 0.5) is 5.69 Å². The second kappa shape index (κ2) is 10.3. The average molecular weight is 537 g/mol. The van der Waals surface area contributed by atoms with E-state index < -0.39 is 0 Å². The Morgan fingerprint density at radius 2 is 1.89 bits per heavy atom. The summed E-state index contributed by atoms with van der Waals surface area (Å²) in [6, 6.07) is 14.7. The van der Waals surface area contributed by atoms with Crippen LogP contribution in [0, 0.1) is 6.92 Å². The Morgan fingerprint density at radius 1 is 1.14 bits per heavy atom. The molecule has 0 aliphatic carbocycles. The number of benzene rings is 2. The van der Waals surface area contributed by atoms with Crippen molar-refractivity contribution in [2.24, 2.45) is 7.05 Å². The van der Waals surface area contributed by atoms with Crippen molar-refractivity contribution in [3.63, 3.8) is 0 Å². The molecule has 0 unspecified atom stereocenters. The van der Waals surface area contributed by atoms with Gasteiger partial charge in [0, 0.05) is 20.0 Å². The van der Waals surface area contributed by atoms with E-state index in [4.69, 9.17) is 21.7 Å². The van der Waals surface area contributed by atoms with Gasteiger partial charge in [-0.1, -0.05) is 48.2 Å². The molecule has 0 spiro atoms. The summed E-state index contributed by atoms with van der Waals surface area (Å²) in [4.78, 5) is 40.6. The number of aromatic nitrogens is 2. The molecule has 5 rings (SSSR count). The van der Waals surface area contributed by atoms with Crippen LogP contribution in [0.1, 0.15) is 24.1 Å². The van der Waals surface area contributed by atoms with Crippen molar-refractivity contribution in [3.05, 3.63) is 75.0 Å². The number of carbonyl (C=O) groups is 2. The van der Waals surface area contributed by atoms with E-state index in [0.29, 0.717) is 45.1 Å². The Morgan fingerprint density at radius 3 is 2.68 bits per heavy atom. The number of hydrogen-bond donors (Lipinski definition) is 1. The average Bonchev–Trinajstić information content (AvgIpc) is 3.52. The van der Waals surface area contributed by atoms with Crippen molar-refractivity contribution in [3.8, 4) is 17.2 Å². The number of anilines is 1. The second-order valence-corrected chi connectivity index (χ2v) is 10.2. The number of thiocarbonyl (C=S) groups is 1. The summed E-state index contributed by atoms with van der Waals surface area (Å²) < 4.78 is 14.4. The third-order valence-corrected chi connectivity index (χ3v) is 7.55. The fourth-order valence-electron chi connectivity index (χ4n) is 4.16. The summed E-state index contributed by atoms with van der Waals surface area (Å²) in [6.07, 6.45) is 2.30. The Hall–Kier alpha value is -3.83. The number of carbonyl (C=O) groups excluding carboxylic acids is 2. The molecular weight excluding hydrogens is 512 g/mol. The van der Waals surface area contributed by atoms with Gasteiger partial charge in [-0.15, -0.1) is 0 Å². The zero-order valence-electron chi connectivity index (χ0n) is 20.2. The van der Waals surface area contributed by atoms with Crippen molar-refractivity contribution in [1.29, 1.82) is 0 Å². The van der Waals surface area contributed by atoms with Crippen LogP contribution in [0.15, 0.2) is 58.2 Å². The van der Waals surface area contributed by atoms with E-state index >= 15 is 0 Å². The van der Waals surface area contributed by atoms with Crippen LogP contribution in [0.25, 0.3) is 11.8 Å². The molecule has 0 atom stereocenters. The van der Waals surface area contributed by atoms with Gasteiger partial charge in [0.05, 0.1) is 16.3 Å². The van der Waals surface area contributed by atoms with E-state index in [0.717, 1.165) is 5.56 Å². The summed E-state index contributed by atoms with van der Waals surface area (Å²) in [5, 5.41) is 2.75. The predicted octanol–water partition coefficient (Wildman–Crippen LogP) is 3.83. The molecule has 1 fully saturated rings. The third-order valence-electron chi connectivity index (χ3n) is 6.17. The number of ether oxygens (including phenoxy) is 2. The lowest BCUT2D eigenvalue weighted by Gasteiger charge is -2.14. The van der Waals surface area contributed by atoms with E-state index in [2.05, 4.69) is 5.32 Å². The summed E-state index contributed by atoms with van der Waals surface area (Å²) in [6.45, 7) is 2.27. The number of para-hydroxylation sites is 1. The van der Waals surface area contributed by atoms with Gasteiger partial charge in [0.2, 0.25) is 12.7 Å². The molecule has 0 saturated carbocycles. The highest BCUT2D eigenvalue weighted by Crippen LogP contribution is 2.36. The highest BCUT2D eigenvalue weighted by Gasteiger charge is 2.32. The first-order valence-corrected chi connectivity index (χ1v) is 12.8. The molecule has 1 saturated heterocycles. The zero-order chi connectivity index (χ0) is 26.1. The molecule has 1 aromatic heterocycles. The van der Waals surface area contributed by atoms with Gasteiger partial charge in [0.1, 0.15) is 10.0 Å². The molecule has 2 amide bonds. The maximum absolute atomic E-state index is 13.0. The molecule has 2 aliphatic heterocycles. The van der Waals surface area contributed by atoms with Gasteiger partial charge in [-0.05, 0) is 49.2 Å². The van der Waals surface area contributed by atoms with Crippen molar-refractivity contribution in [1.82, 2.24) is 14.3 Å². The Balaban J connectivity index is 1.20. The van der Waals surface area contributed by atoms with Crippen LogP contribution in [0.5, 0.6) is 11.5 Å². The first kappa shape index (κ1) is 24.8. The topological polar surface area (TPSA) is 94.8 Å². The van der Waals surface area contributed by atoms with Gasteiger partial charge in [-0.2, -0.15) is 0 Å². The lowest BCUT2D eigenvalue weighted by atomic mass is 10.2. The quantitative estimate of drug-likeness (QED) is 0.362. The number of fused-ring (bicyclic) bond motifs is 1. The van der Waals surface area contributed by atoms with Crippen molar-refractivity contribution >= 4 is 51.9 Å². The molecule has 2 aliphatic rings. The molecule has 9 nitrogen and oxygen atoms in total. The highest BCUT2D eigenvalue weighted by atomic mass is 32.2. The summed E-state index contributed by atoms with van der Waals surface area (Å²) in [5.41, 5.74) is 2.11. The fraction of sp³-hybridized carbons (Fsp3) is 0.231. The monoisotopic (exact) mass is 536 g/mol. The van der Waals surface area contributed by atoms with E-state index in [1.807, 2.05) is 42.5 Å². The maximum atomic E-state index is 13.0. The molecule has 0 radical (unpaired) electrons. The van der Waals surface area contributed by atoms with Gasteiger partial charge in [-0.25, -0.2) is 4.68 Å². The SMILES string of the molecule is Cc1c(NC(=O)CCCN2C(=O)/C(=C\c3ccc4c(c3)OCO4)SC2=S)c(=O)n(-c2ccccc2)n1C. The minimum atomic E-state index is -0.301. The lowest BCUT2D eigenvalue weighted by Crippen LogP contribution is -2.30. The standard InChI is InChI=1S/C26H24N4O5S2/c1-16-23(25(33)30(28(16)2)18-7-4-3-5-8-18)27-22(31)9-6-12-29-24(32)21(37-26(29)36)14-17-10-11-19-20(13-17)35-15-34-19/h3-5,7-8,10-11,13-14H,6,9,12,15H2,1-2H3,(H,27,31)/b21-14+. The van der Waals surface area contributed by atoms with Crippen molar-refractivity contribution in [2.75, 3.05) is 18.7 Å². The first-order chi connectivity index (χ1) is 17.8. The Kier molecular flexibility index (Phi) is 6.90. The summed E-state index contributed by atoms with van der Waals surface area (Å²) in [7, 11) is 1.77. The molecule has 37 heavy (non-hydrogen) atoms. The predicted molar refractivity (Wildman–Crippen MR) is 146 cm³/mol. The summed E-state index contributed by atoms with van der Waals surface area (Å²) in [5.74, 6) is 0.817. The van der Waals surface area contributed by atoms with Crippen LogP contribution in [-0.4, -0.2) is 43.7 Å². The van der Waals surface area contributed by atoms with Crippen molar-refractivity contribution < 1.29 is 19.1 Å². The smallest absolute Gasteiger partial charge is 0.295 e. The second-order valence-electron chi connectivity index (χ2n) is 8.53. The normalized spacial score (nSPS) is 15.6. The molecule has 3 heterocycles. The maximum Gasteiger partial charge on any atom is 0.295 e. The summed E-state index contributed by atoms with van der Waals surface area (Å²) >= 11 is 6.63. The third kappa shape index (κ3) is 4.92. The van der Waals surface area contributed by atoms with Crippen molar-refractivity contribution in [2.45, 2.75) is 19.8 Å². The molecule has 0 bridgehead atoms. The molecule has 3 aromatic rings. The van der Waals surface area contributed by atoms with E-state index in [1.54, 1.807) is 30.8 Å². The number of rotatable bonds is 7. The molecular formula is C26H24N4O5S2. The van der Waals surface area contributed by atoms with E-state index in [-0.39, 0.29) is 36.3 Å². The van der Waals surface area contributed by atoms with Gasteiger partial charge in [-0.3, -0.25) is 24.0 Å². The van der Waals surface area contributed by atoms with Crippen LogP contribution >= 0.6 is 24.0 Å². The Bertz CT molecular complexity index is 1490. The number of nitrogens with zero attached hydrogens (tertiary/aromatic N) is 3. The van der Waals surface area contributed by atoms with E-state index in [9.17, 15) is 14.4 Å². The molecule has 190 valence electrons. The molecule has 11 heteroatoms. The van der Waals surface area contributed by atoms with Gasteiger partial charge in [0.15, 0.2) is 11.5 Å². The number of hydrogen-bond acceptors (Lipinski definition) is 7. The van der Waals surface area contributed by atoms with Crippen LogP contribution in [-0.2, 0) is 16.6 Å². The van der Waals surface area contributed by atoms with Crippen LogP contribution < -0.4 is 20.3 Å². The van der Waals surface area contributed by atoms with Gasteiger partial charge < -0.3 is 14.8 Å². The highest BCUT2D eigenvalue weighted by molar-refractivity contribution is 8.26.